The van der Waals surface area contributed by atoms with Gasteiger partial charge in [-0.15, -0.1) is 0 Å². The molecule has 1 atom stereocenters. The Hall–Kier alpha value is -0.830. The minimum Gasteiger partial charge on any atom is -0.344 e. The number of carbonyl (C=O) groups is 1. The van der Waals surface area contributed by atoms with Crippen LogP contribution < -0.4 is 5.32 Å². The van der Waals surface area contributed by atoms with Crippen molar-refractivity contribution in [3.63, 3.8) is 0 Å². The summed E-state index contributed by atoms with van der Waals surface area (Å²) in [5.74, 6) is 3.28. The summed E-state index contributed by atoms with van der Waals surface area (Å²) in [6.45, 7) is 1.77. The normalized spacial score (nSPS) is 43.5. The van der Waals surface area contributed by atoms with Gasteiger partial charge in [-0.05, 0) is 68.1 Å². The maximum Gasteiger partial charge on any atom is 0.243 e. The van der Waals surface area contributed by atoms with Crippen LogP contribution >= 0.6 is 0 Å². The lowest BCUT2D eigenvalue weighted by molar-refractivity contribution is -0.131. The average molecular weight is 288 g/mol. The SMILES string of the molecule is CN(CCC12CC3CC(CC(C3)C1)C2)C(=O)C1C=CCN1. The summed E-state index contributed by atoms with van der Waals surface area (Å²) >= 11 is 0. The van der Waals surface area contributed by atoms with Crippen molar-refractivity contribution in [3.8, 4) is 0 Å². The van der Waals surface area contributed by atoms with Gasteiger partial charge in [-0.3, -0.25) is 10.1 Å². The Bertz CT molecular complexity index is 421. The van der Waals surface area contributed by atoms with Gasteiger partial charge in [0.05, 0.1) is 0 Å². The first-order valence-corrected chi connectivity index (χ1v) is 8.79. The summed E-state index contributed by atoms with van der Waals surface area (Å²) < 4.78 is 0. The Kier molecular flexibility index (Phi) is 3.36. The van der Waals surface area contributed by atoms with E-state index in [0.717, 1.165) is 30.8 Å². The summed E-state index contributed by atoms with van der Waals surface area (Å²) in [6, 6.07) is -0.0774. The molecule has 0 saturated heterocycles. The predicted octanol–water partition coefficient (Wildman–Crippen LogP) is 2.58. The zero-order valence-electron chi connectivity index (χ0n) is 13.2. The molecular formula is C18H28N2O. The number of amides is 1. The van der Waals surface area contributed by atoms with Crippen LogP contribution in [0.5, 0.6) is 0 Å². The van der Waals surface area contributed by atoms with E-state index in [2.05, 4.69) is 11.4 Å². The lowest BCUT2D eigenvalue weighted by Gasteiger charge is -2.57. The molecule has 4 saturated carbocycles. The second-order valence-electron chi connectivity index (χ2n) is 8.24. The molecule has 0 aromatic carbocycles. The van der Waals surface area contributed by atoms with Crippen LogP contribution in [0.3, 0.4) is 0 Å². The maximum atomic E-state index is 12.4. The fourth-order valence-electron chi connectivity index (χ4n) is 5.99. The molecule has 4 aliphatic carbocycles. The molecular weight excluding hydrogens is 260 g/mol. The van der Waals surface area contributed by atoms with E-state index >= 15 is 0 Å². The second-order valence-corrected chi connectivity index (χ2v) is 8.24. The second kappa shape index (κ2) is 5.12. The van der Waals surface area contributed by atoms with E-state index in [1.165, 1.54) is 44.9 Å². The van der Waals surface area contributed by atoms with Crippen LogP contribution in [0.15, 0.2) is 12.2 Å². The van der Waals surface area contributed by atoms with E-state index < -0.39 is 0 Å². The van der Waals surface area contributed by atoms with Gasteiger partial charge < -0.3 is 4.90 Å². The average Bonchev–Trinajstić information content (AvgIpc) is 2.96. The highest BCUT2D eigenvalue weighted by molar-refractivity contribution is 5.84. The molecule has 0 aromatic heterocycles. The highest BCUT2D eigenvalue weighted by Gasteiger charge is 2.50. The molecule has 5 rings (SSSR count). The Balaban J connectivity index is 1.36. The van der Waals surface area contributed by atoms with Crippen LogP contribution in [0.2, 0.25) is 0 Å². The zero-order valence-corrected chi connectivity index (χ0v) is 13.2. The molecule has 5 aliphatic rings. The van der Waals surface area contributed by atoms with Crippen LogP contribution in [0, 0.1) is 23.2 Å². The monoisotopic (exact) mass is 288 g/mol. The van der Waals surface area contributed by atoms with Gasteiger partial charge in [-0.1, -0.05) is 12.2 Å². The smallest absolute Gasteiger partial charge is 0.243 e. The predicted molar refractivity (Wildman–Crippen MR) is 83.8 cm³/mol. The molecule has 0 spiro atoms. The van der Waals surface area contributed by atoms with Gasteiger partial charge in [-0.25, -0.2) is 0 Å². The van der Waals surface area contributed by atoms with E-state index in [4.69, 9.17) is 0 Å². The fourth-order valence-corrected chi connectivity index (χ4v) is 5.99. The van der Waals surface area contributed by atoms with Gasteiger partial charge in [0.25, 0.3) is 0 Å². The molecule has 3 nitrogen and oxygen atoms in total. The highest BCUT2D eigenvalue weighted by atomic mass is 16.2. The number of likely N-dealkylation sites (N-methyl/N-ethyl adjacent to an activating group) is 1. The topological polar surface area (TPSA) is 32.3 Å². The van der Waals surface area contributed by atoms with E-state index in [9.17, 15) is 4.79 Å². The Labute approximate surface area is 128 Å². The summed E-state index contributed by atoms with van der Waals surface area (Å²) in [6.07, 6.45) is 14.1. The Morgan fingerprint density at radius 1 is 1.19 bits per heavy atom. The van der Waals surface area contributed by atoms with E-state index in [1.54, 1.807) is 0 Å². The number of rotatable bonds is 4. The fraction of sp³-hybridized carbons (Fsp3) is 0.833. The van der Waals surface area contributed by atoms with Gasteiger partial charge in [-0.2, -0.15) is 0 Å². The minimum atomic E-state index is -0.0774. The van der Waals surface area contributed by atoms with Crippen molar-refractivity contribution < 1.29 is 4.79 Å². The van der Waals surface area contributed by atoms with E-state index in [-0.39, 0.29) is 11.9 Å². The third-order valence-electron chi connectivity index (χ3n) is 6.57. The van der Waals surface area contributed by atoms with Gasteiger partial charge in [0, 0.05) is 20.1 Å². The third kappa shape index (κ3) is 2.54. The molecule has 0 radical (unpaired) electrons. The summed E-state index contributed by atoms with van der Waals surface area (Å²) in [5.41, 5.74) is 0.586. The third-order valence-corrected chi connectivity index (χ3v) is 6.57. The van der Waals surface area contributed by atoms with E-state index in [0.29, 0.717) is 5.41 Å². The highest BCUT2D eigenvalue weighted by Crippen LogP contribution is 2.61. The number of hydrogen-bond donors (Lipinski definition) is 1. The quantitative estimate of drug-likeness (QED) is 0.806. The van der Waals surface area contributed by atoms with E-state index in [1.807, 2.05) is 18.0 Å². The molecule has 1 heterocycles. The van der Waals surface area contributed by atoms with Crippen molar-refractivity contribution in [1.82, 2.24) is 10.2 Å². The molecule has 1 unspecified atom stereocenters. The summed E-state index contributed by atoms with van der Waals surface area (Å²) in [5, 5.41) is 3.23. The summed E-state index contributed by atoms with van der Waals surface area (Å²) in [4.78, 5) is 14.3. The molecule has 1 N–H and O–H groups in total. The zero-order chi connectivity index (χ0) is 14.4. The first-order chi connectivity index (χ1) is 10.1. The molecule has 4 bridgehead atoms. The van der Waals surface area contributed by atoms with Crippen molar-refractivity contribution in [2.45, 2.75) is 51.0 Å². The van der Waals surface area contributed by atoms with Crippen molar-refractivity contribution in [2.24, 2.45) is 23.2 Å². The molecule has 21 heavy (non-hydrogen) atoms. The molecule has 1 amide bonds. The lowest BCUT2D eigenvalue weighted by Crippen LogP contribution is -2.48. The lowest BCUT2D eigenvalue weighted by atomic mass is 9.49. The number of hydrogen-bond acceptors (Lipinski definition) is 2. The molecule has 4 fully saturated rings. The first-order valence-electron chi connectivity index (χ1n) is 8.79. The minimum absolute atomic E-state index is 0.0774. The number of nitrogens with one attached hydrogen (secondary N) is 1. The van der Waals surface area contributed by atoms with Crippen molar-refractivity contribution >= 4 is 5.91 Å². The van der Waals surface area contributed by atoms with Crippen LogP contribution in [-0.4, -0.2) is 37.0 Å². The van der Waals surface area contributed by atoms with Crippen molar-refractivity contribution in [1.29, 1.82) is 0 Å². The Morgan fingerprint density at radius 3 is 2.33 bits per heavy atom. The van der Waals surface area contributed by atoms with Gasteiger partial charge in [0.15, 0.2) is 0 Å². The Morgan fingerprint density at radius 2 is 1.81 bits per heavy atom. The van der Waals surface area contributed by atoms with Crippen LogP contribution in [0.4, 0.5) is 0 Å². The van der Waals surface area contributed by atoms with Crippen molar-refractivity contribution in [3.05, 3.63) is 12.2 Å². The summed E-state index contributed by atoms with van der Waals surface area (Å²) in [7, 11) is 1.98. The standard InChI is InChI=1S/C18H28N2O/c1-20(17(21)16-3-2-5-19-16)6-4-18-10-13-7-14(11-18)9-15(8-13)12-18/h2-3,13-16,19H,4-12H2,1H3. The van der Waals surface area contributed by atoms with Crippen molar-refractivity contribution in [2.75, 3.05) is 20.1 Å². The van der Waals surface area contributed by atoms with Gasteiger partial charge in [0.1, 0.15) is 6.04 Å². The largest absolute Gasteiger partial charge is 0.344 e. The molecule has 3 heteroatoms. The first kappa shape index (κ1) is 13.8. The molecule has 0 aromatic rings. The number of carbonyl (C=O) groups excluding carboxylic acids is 1. The number of nitrogens with zero attached hydrogens (tertiary/aromatic N) is 1. The van der Waals surface area contributed by atoms with Crippen LogP contribution in [-0.2, 0) is 4.79 Å². The van der Waals surface area contributed by atoms with Gasteiger partial charge >= 0.3 is 0 Å². The van der Waals surface area contributed by atoms with Crippen LogP contribution in [0.1, 0.15) is 44.9 Å². The molecule has 1 aliphatic heterocycles. The molecule has 116 valence electrons. The van der Waals surface area contributed by atoms with Gasteiger partial charge in [0.2, 0.25) is 5.91 Å². The van der Waals surface area contributed by atoms with Crippen LogP contribution in [0.25, 0.3) is 0 Å². The maximum absolute atomic E-state index is 12.4.